The Morgan fingerprint density at radius 1 is 1.35 bits per heavy atom. The zero-order valence-electron chi connectivity index (χ0n) is 12.6. The number of aromatic carboxylic acids is 1. The molecule has 1 N–H and O–H groups in total. The van der Waals surface area contributed by atoms with E-state index >= 15 is 0 Å². The van der Waals surface area contributed by atoms with Gasteiger partial charge in [-0.25, -0.2) is 9.78 Å². The molecular weight excluding hydrogens is 296 g/mol. The van der Waals surface area contributed by atoms with Gasteiger partial charge in [-0.2, -0.15) is 0 Å². The molecule has 6 heteroatoms. The number of para-hydroxylation sites is 1. The van der Waals surface area contributed by atoms with E-state index in [4.69, 9.17) is 9.84 Å². The number of carboxylic acids is 1. The second-order valence-electron chi connectivity index (χ2n) is 5.62. The Labute approximate surface area is 133 Å². The van der Waals surface area contributed by atoms with Gasteiger partial charge >= 0.3 is 5.97 Å². The van der Waals surface area contributed by atoms with Crippen LogP contribution in [0, 0.1) is 0 Å². The first-order valence-corrected chi connectivity index (χ1v) is 7.66. The summed E-state index contributed by atoms with van der Waals surface area (Å²) in [6.45, 7) is 0.527. The van der Waals surface area contributed by atoms with Gasteiger partial charge in [0.05, 0.1) is 18.6 Å². The lowest BCUT2D eigenvalue weighted by Gasteiger charge is -2.24. The lowest BCUT2D eigenvalue weighted by molar-refractivity contribution is 0.0692. The van der Waals surface area contributed by atoms with Gasteiger partial charge in [-0.1, -0.05) is 18.6 Å². The van der Waals surface area contributed by atoms with Crippen molar-refractivity contribution in [1.29, 1.82) is 0 Å². The summed E-state index contributed by atoms with van der Waals surface area (Å²) < 4.78 is 6.98. The fraction of sp³-hybridized carbons (Fsp3) is 0.353. The predicted octanol–water partition coefficient (Wildman–Crippen LogP) is 2.29. The summed E-state index contributed by atoms with van der Waals surface area (Å²) in [6, 6.07) is 8.03. The summed E-state index contributed by atoms with van der Waals surface area (Å²) in [5.74, 6) is -0.313. The number of carbonyl (C=O) groups is 1. The third-order valence-electron chi connectivity index (χ3n) is 4.13. The summed E-state index contributed by atoms with van der Waals surface area (Å²) in [4.78, 5) is 27.5. The van der Waals surface area contributed by atoms with Gasteiger partial charge in [0.1, 0.15) is 17.9 Å². The molecule has 0 spiro atoms. The van der Waals surface area contributed by atoms with Crippen LogP contribution in [0.4, 0.5) is 0 Å². The SMILES string of the molecule is O=C(O)c1ccccc1OCCn1cnc(C2CCC2)cc1=O. The maximum Gasteiger partial charge on any atom is 0.339 e. The van der Waals surface area contributed by atoms with E-state index in [9.17, 15) is 9.59 Å². The van der Waals surface area contributed by atoms with Gasteiger partial charge in [0.25, 0.3) is 5.56 Å². The molecule has 0 amide bonds. The quantitative estimate of drug-likeness (QED) is 0.884. The molecule has 1 aromatic carbocycles. The number of hydrogen-bond acceptors (Lipinski definition) is 4. The Balaban J connectivity index is 1.63. The molecule has 0 bridgehead atoms. The van der Waals surface area contributed by atoms with Crippen molar-refractivity contribution in [3.63, 3.8) is 0 Å². The van der Waals surface area contributed by atoms with Crippen LogP contribution in [-0.2, 0) is 6.54 Å². The van der Waals surface area contributed by atoms with Gasteiger partial charge in [-0.3, -0.25) is 9.36 Å². The normalized spacial score (nSPS) is 14.3. The minimum absolute atomic E-state index is 0.1000. The molecule has 0 atom stereocenters. The average Bonchev–Trinajstić information content (AvgIpc) is 2.48. The fourth-order valence-corrected chi connectivity index (χ4v) is 2.56. The fourth-order valence-electron chi connectivity index (χ4n) is 2.56. The third-order valence-corrected chi connectivity index (χ3v) is 4.13. The minimum atomic E-state index is -1.04. The first kappa shape index (κ1) is 15.3. The van der Waals surface area contributed by atoms with Gasteiger partial charge in [-0.05, 0) is 25.0 Å². The highest BCUT2D eigenvalue weighted by atomic mass is 16.5. The number of ether oxygens (including phenoxy) is 1. The summed E-state index contributed by atoms with van der Waals surface area (Å²) in [6.07, 6.45) is 4.95. The van der Waals surface area contributed by atoms with Gasteiger partial charge < -0.3 is 9.84 Å². The average molecular weight is 314 g/mol. The zero-order valence-corrected chi connectivity index (χ0v) is 12.6. The van der Waals surface area contributed by atoms with Crippen LogP contribution in [0.15, 0.2) is 41.5 Å². The molecule has 6 nitrogen and oxygen atoms in total. The lowest BCUT2D eigenvalue weighted by atomic mass is 9.83. The van der Waals surface area contributed by atoms with Crippen molar-refractivity contribution in [3.8, 4) is 5.75 Å². The molecule has 1 aliphatic rings. The highest BCUT2D eigenvalue weighted by molar-refractivity contribution is 5.90. The topological polar surface area (TPSA) is 81.4 Å². The van der Waals surface area contributed by atoms with Crippen LogP contribution >= 0.6 is 0 Å². The predicted molar refractivity (Wildman–Crippen MR) is 84.0 cm³/mol. The standard InChI is InChI=1S/C17H18N2O4/c20-16-10-14(12-4-3-5-12)18-11-19(16)8-9-23-15-7-2-1-6-13(15)17(21)22/h1-2,6-7,10-12H,3-5,8-9H2,(H,21,22). The van der Waals surface area contributed by atoms with Crippen LogP contribution < -0.4 is 10.3 Å². The molecule has 1 heterocycles. The Bertz CT molecular complexity index is 765. The van der Waals surface area contributed by atoms with Gasteiger partial charge in [0.2, 0.25) is 0 Å². The van der Waals surface area contributed by atoms with E-state index in [2.05, 4.69) is 4.98 Å². The molecule has 3 rings (SSSR count). The molecule has 0 aliphatic heterocycles. The van der Waals surface area contributed by atoms with E-state index in [1.54, 1.807) is 30.6 Å². The lowest BCUT2D eigenvalue weighted by Crippen LogP contribution is -2.25. The van der Waals surface area contributed by atoms with Crippen LogP contribution in [0.5, 0.6) is 5.75 Å². The molecule has 23 heavy (non-hydrogen) atoms. The summed E-state index contributed by atoms with van der Waals surface area (Å²) >= 11 is 0. The maximum atomic E-state index is 12.1. The van der Waals surface area contributed by atoms with Crippen LogP contribution in [0.3, 0.4) is 0 Å². The number of nitrogens with zero attached hydrogens (tertiary/aromatic N) is 2. The number of carboxylic acid groups (broad SMARTS) is 1. The van der Waals surface area contributed by atoms with Crippen molar-refractivity contribution >= 4 is 5.97 Å². The highest BCUT2D eigenvalue weighted by Gasteiger charge is 2.21. The second-order valence-corrected chi connectivity index (χ2v) is 5.62. The largest absolute Gasteiger partial charge is 0.491 e. The Morgan fingerprint density at radius 3 is 2.78 bits per heavy atom. The van der Waals surface area contributed by atoms with E-state index in [1.165, 1.54) is 17.1 Å². The molecule has 1 aromatic heterocycles. The molecule has 120 valence electrons. The van der Waals surface area contributed by atoms with Crippen molar-refractivity contribution in [2.24, 2.45) is 0 Å². The van der Waals surface area contributed by atoms with Crippen molar-refractivity contribution in [1.82, 2.24) is 9.55 Å². The molecule has 0 saturated heterocycles. The van der Waals surface area contributed by atoms with Crippen LogP contribution in [-0.4, -0.2) is 27.2 Å². The van der Waals surface area contributed by atoms with E-state index in [0.717, 1.165) is 18.5 Å². The van der Waals surface area contributed by atoms with Crippen LogP contribution in [0.25, 0.3) is 0 Å². The van der Waals surface area contributed by atoms with Gasteiger partial charge in [-0.15, -0.1) is 0 Å². The molecule has 1 fully saturated rings. The molecular formula is C17H18N2O4. The van der Waals surface area contributed by atoms with Crippen molar-refractivity contribution in [2.45, 2.75) is 31.7 Å². The molecule has 1 saturated carbocycles. The number of rotatable bonds is 6. The highest BCUT2D eigenvalue weighted by Crippen LogP contribution is 2.34. The number of aromatic nitrogens is 2. The first-order chi connectivity index (χ1) is 11.1. The second kappa shape index (κ2) is 6.64. The van der Waals surface area contributed by atoms with Crippen molar-refractivity contribution < 1.29 is 14.6 Å². The summed E-state index contributed by atoms with van der Waals surface area (Å²) in [5.41, 5.74) is 0.880. The van der Waals surface area contributed by atoms with E-state index in [0.29, 0.717) is 18.2 Å². The minimum Gasteiger partial charge on any atom is -0.491 e. The smallest absolute Gasteiger partial charge is 0.339 e. The van der Waals surface area contributed by atoms with Crippen LogP contribution in [0.1, 0.15) is 41.2 Å². The molecule has 0 unspecified atom stereocenters. The molecule has 0 radical (unpaired) electrons. The molecule has 1 aliphatic carbocycles. The Hall–Kier alpha value is -2.63. The number of benzene rings is 1. The van der Waals surface area contributed by atoms with E-state index < -0.39 is 5.97 Å². The first-order valence-electron chi connectivity index (χ1n) is 7.66. The van der Waals surface area contributed by atoms with Gasteiger partial charge in [0, 0.05) is 12.0 Å². The van der Waals surface area contributed by atoms with Gasteiger partial charge in [0.15, 0.2) is 0 Å². The van der Waals surface area contributed by atoms with E-state index in [1.807, 2.05) is 0 Å². The van der Waals surface area contributed by atoms with E-state index in [-0.39, 0.29) is 17.7 Å². The van der Waals surface area contributed by atoms with Crippen molar-refractivity contribution in [3.05, 3.63) is 58.3 Å². The van der Waals surface area contributed by atoms with Crippen molar-refractivity contribution in [2.75, 3.05) is 6.61 Å². The Kier molecular flexibility index (Phi) is 4.41. The Morgan fingerprint density at radius 2 is 2.13 bits per heavy atom. The maximum absolute atomic E-state index is 12.1. The number of hydrogen-bond donors (Lipinski definition) is 1. The van der Waals surface area contributed by atoms with Crippen LogP contribution in [0.2, 0.25) is 0 Å². The summed E-state index contributed by atoms with van der Waals surface area (Å²) in [5, 5.41) is 9.09. The monoisotopic (exact) mass is 314 g/mol. The summed E-state index contributed by atoms with van der Waals surface area (Å²) in [7, 11) is 0. The third kappa shape index (κ3) is 3.41. The molecule has 2 aromatic rings. The zero-order chi connectivity index (χ0) is 16.2.